The van der Waals surface area contributed by atoms with Crippen molar-refractivity contribution in [2.45, 2.75) is 77.1 Å². The maximum atomic E-state index is 13.5. The summed E-state index contributed by atoms with van der Waals surface area (Å²) >= 11 is 0. The molecule has 2 saturated heterocycles. The fourth-order valence-electron chi connectivity index (χ4n) is 6.15. The Morgan fingerprint density at radius 3 is 2.26 bits per heavy atom. The number of hydrogen-bond acceptors (Lipinski definition) is 10. The Balaban J connectivity index is 1.22. The SMILES string of the molecule is CC(C)(C)OC(=O)N(Cc1ccccc1)c1ncnc2c1ncn2[C@@H]1O[C@H](CN2C(=O)c3ccccc3C2=O)[C@H]2OC(C)(C)O[C@H]21. The normalized spacial score (nSPS) is 23.5. The first-order valence-electron chi connectivity index (χ1n) is 15.1. The maximum absolute atomic E-state index is 13.5. The van der Waals surface area contributed by atoms with Gasteiger partial charge in [-0.3, -0.25) is 24.0 Å². The molecule has 2 aromatic carbocycles. The van der Waals surface area contributed by atoms with Gasteiger partial charge in [0, 0.05) is 0 Å². The van der Waals surface area contributed by atoms with Crippen molar-refractivity contribution in [1.82, 2.24) is 24.4 Å². The molecule has 5 heterocycles. The van der Waals surface area contributed by atoms with Crippen LogP contribution in [0.3, 0.4) is 0 Å². The highest BCUT2D eigenvalue weighted by atomic mass is 16.8. The van der Waals surface area contributed by atoms with Crippen molar-refractivity contribution in [3.63, 3.8) is 0 Å². The Morgan fingerprint density at radius 1 is 0.935 bits per heavy atom. The van der Waals surface area contributed by atoms with Crippen LogP contribution in [0.25, 0.3) is 11.2 Å². The molecule has 0 aliphatic carbocycles. The number of imidazole rings is 1. The smallest absolute Gasteiger partial charge is 0.416 e. The van der Waals surface area contributed by atoms with Crippen molar-refractivity contribution in [2.75, 3.05) is 11.4 Å². The van der Waals surface area contributed by atoms with E-state index in [9.17, 15) is 14.4 Å². The lowest BCUT2D eigenvalue weighted by atomic mass is 10.1. The fourth-order valence-corrected chi connectivity index (χ4v) is 6.15. The molecule has 13 nitrogen and oxygen atoms in total. The lowest BCUT2D eigenvalue weighted by Gasteiger charge is -2.27. The second-order valence-corrected chi connectivity index (χ2v) is 13.0. The number of aromatic nitrogens is 4. The van der Waals surface area contributed by atoms with Crippen LogP contribution in [0.5, 0.6) is 0 Å². The number of amides is 3. The molecule has 2 fully saturated rings. The summed E-state index contributed by atoms with van der Waals surface area (Å²) < 4.78 is 26.5. The van der Waals surface area contributed by atoms with Gasteiger partial charge in [-0.05, 0) is 52.3 Å². The largest absolute Gasteiger partial charge is 0.443 e. The summed E-state index contributed by atoms with van der Waals surface area (Å²) in [5.74, 6) is -1.44. The molecule has 0 radical (unpaired) electrons. The number of hydrogen-bond donors (Lipinski definition) is 0. The third-order valence-electron chi connectivity index (χ3n) is 8.03. The Bertz CT molecular complexity index is 1800. The van der Waals surface area contributed by atoms with Gasteiger partial charge in [-0.2, -0.15) is 0 Å². The summed E-state index contributed by atoms with van der Waals surface area (Å²) in [5, 5.41) is 0. The highest BCUT2D eigenvalue weighted by Gasteiger charge is 2.57. The predicted octanol–water partition coefficient (Wildman–Crippen LogP) is 4.48. The predicted molar refractivity (Wildman–Crippen MR) is 164 cm³/mol. The maximum Gasteiger partial charge on any atom is 0.416 e. The molecule has 3 amide bonds. The number of carbonyl (C=O) groups is 3. The molecule has 3 aliphatic rings. The van der Waals surface area contributed by atoms with Crippen molar-refractivity contribution in [1.29, 1.82) is 0 Å². The van der Waals surface area contributed by atoms with Gasteiger partial charge in [0.2, 0.25) is 0 Å². The number of imide groups is 1. The Kier molecular flexibility index (Phi) is 7.14. The van der Waals surface area contributed by atoms with Gasteiger partial charge in [0.05, 0.1) is 30.5 Å². The van der Waals surface area contributed by atoms with Gasteiger partial charge in [-0.15, -0.1) is 0 Å². The average molecular weight is 627 g/mol. The zero-order valence-electron chi connectivity index (χ0n) is 26.1. The van der Waals surface area contributed by atoms with E-state index in [1.165, 1.54) is 16.1 Å². The molecule has 0 saturated carbocycles. The highest BCUT2D eigenvalue weighted by molar-refractivity contribution is 6.21. The lowest BCUT2D eigenvalue weighted by Crippen LogP contribution is -2.42. The number of ether oxygens (including phenoxy) is 4. The molecule has 0 bridgehead atoms. The standard InChI is InChI=1S/C33H34N6O7/c1-32(2,3)46-31(42)37(15-19-11-7-6-8-12-19)26-23-27(35-17-34-26)39(18-36-23)30-25-24(44-33(4,5)45-25)22(43-30)16-38-28(40)20-13-9-10-14-21(20)29(38)41/h6-14,17-18,22,24-25,30H,15-16H2,1-5H3/t22-,24-,25-,30-/m1/s1. The molecule has 7 rings (SSSR count). The molecule has 0 spiro atoms. The van der Waals surface area contributed by atoms with Crippen molar-refractivity contribution >= 4 is 34.9 Å². The van der Waals surface area contributed by atoms with Gasteiger partial charge in [0.1, 0.15) is 30.2 Å². The van der Waals surface area contributed by atoms with E-state index in [0.29, 0.717) is 22.3 Å². The van der Waals surface area contributed by atoms with Gasteiger partial charge >= 0.3 is 6.09 Å². The van der Waals surface area contributed by atoms with Crippen LogP contribution in [0, 0.1) is 0 Å². The van der Waals surface area contributed by atoms with Crippen LogP contribution in [0.2, 0.25) is 0 Å². The summed E-state index contributed by atoms with van der Waals surface area (Å²) in [6.45, 7) is 9.16. The minimum atomic E-state index is -0.947. The zero-order chi connectivity index (χ0) is 32.4. The van der Waals surface area contributed by atoms with Gasteiger partial charge < -0.3 is 18.9 Å². The fraction of sp³-hybridized carbons (Fsp3) is 0.394. The number of fused-ring (bicyclic) bond motifs is 3. The first-order valence-corrected chi connectivity index (χ1v) is 15.1. The third-order valence-corrected chi connectivity index (χ3v) is 8.03. The summed E-state index contributed by atoms with van der Waals surface area (Å²) in [4.78, 5) is 56.1. The van der Waals surface area contributed by atoms with E-state index in [0.717, 1.165) is 5.56 Å². The van der Waals surface area contributed by atoms with Gasteiger partial charge in [0.25, 0.3) is 11.8 Å². The van der Waals surface area contributed by atoms with Gasteiger partial charge in [0.15, 0.2) is 29.0 Å². The van der Waals surface area contributed by atoms with Crippen molar-refractivity contribution in [2.24, 2.45) is 0 Å². The third kappa shape index (κ3) is 5.29. The first kappa shape index (κ1) is 30.0. The van der Waals surface area contributed by atoms with E-state index in [1.807, 2.05) is 30.3 Å². The quantitative estimate of drug-likeness (QED) is 0.282. The van der Waals surface area contributed by atoms with Crippen LogP contribution in [-0.4, -0.2) is 78.6 Å². The molecule has 238 valence electrons. The molecule has 13 heteroatoms. The Hall–Kier alpha value is -4.72. The number of nitrogens with zero attached hydrogens (tertiary/aromatic N) is 6. The summed E-state index contributed by atoms with van der Waals surface area (Å²) in [6, 6.07) is 16.2. The average Bonchev–Trinajstić information content (AvgIpc) is 3.73. The lowest BCUT2D eigenvalue weighted by molar-refractivity contribution is -0.196. The van der Waals surface area contributed by atoms with E-state index < -0.39 is 42.0 Å². The molecule has 46 heavy (non-hydrogen) atoms. The molecule has 3 aliphatic heterocycles. The molecule has 2 aromatic heterocycles. The Morgan fingerprint density at radius 2 is 1.59 bits per heavy atom. The van der Waals surface area contributed by atoms with Crippen LogP contribution >= 0.6 is 0 Å². The topological polar surface area (TPSA) is 138 Å². The minimum Gasteiger partial charge on any atom is -0.443 e. The monoisotopic (exact) mass is 626 g/mol. The highest BCUT2D eigenvalue weighted by Crippen LogP contribution is 2.44. The molecule has 0 N–H and O–H groups in total. The van der Waals surface area contributed by atoms with Crippen molar-refractivity contribution < 1.29 is 33.3 Å². The second kappa shape index (κ2) is 11.0. The zero-order valence-corrected chi connectivity index (χ0v) is 26.1. The summed E-state index contributed by atoms with van der Waals surface area (Å²) in [6.07, 6.45) is -0.357. The summed E-state index contributed by atoms with van der Waals surface area (Å²) in [5.41, 5.74) is 1.59. The van der Waals surface area contributed by atoms with E-state index in [2.05, 4.69) is 15.0 Å². The molecule has 4 aromatic rings. The van der Waals surface area contributed by atoms with Crippen LogP contribution in [0.15, 0.2) is 67.3 Å². The van der Waals surface area contributed by atoms with Gasteiger partial charge in [-0.1, -0.05) is 42.5 Å². The molecule has 4 atom stereocenters. The molecular weight excluding hydrogens is 592 g/mol. The van der Waals surface area contributed by atoms with E-state index >= 15 is 0 Å². The number of anilines is 1. The van der Waals surface area contributed by atoms with E-state index in [1.54, 1.807) is 69.8 Å². The minimum absolute atomic E-state index is 0.0280. The van der Waals surface area contributed by atoms with Crippen LogP contribution in [0.4, 0.5) is 10.6 Å². The van der Waals surface area contributed by atoms with Crippen molar-refractivity contribution in [3.8, 4) is 0 Å². The van der Waals surface area contributed by atoms with Crippen molar-refractivity contribution in [3.05, 3.63) is 83.9 Å². The summed E-state index contributed by atoms with van der Waals surface area (Å²) in [7, 11) is 0. The van der Waals surface area contributed by atoms with Crippen LogP contribution < -0.4 is 4.90 Å². The van der Waals surface area contributed by atoms with Gasteiger partial charge in [-0.25, -0.2) is 19.7 Å². The number of benzene rings is 2. The number of carbonyl (C=O) groups excluding carboxylic acids is 3. The first-order chi connectivity index (χ1) is 21.9. The molecule has 0 unspecified atom stereocenters. The van der Waals surface area contributed by atoms with E-state index in [-0.39, 0.29) is 30.7 Å². The van der Waals surface area contributed by atoms with Crippen LogP contribution in [0.1, 0.15) is 67.1 Å². The Labute approximate surface area is 265 Å². The second-order valence-electron chi connectivity index (χ2n) is 13.0. The number of rotatable bonds is 6. The van der Waals surface area contributed by atoms with E-state index in [4.69, 9.17) is 18.9 Å². The van der Waals surface area contributed by atoms with Crippen LogP contribution in [-0.2, 0) is 25.5 Å². The molecular formula is C33H34N6O7.